The summed E-state index contributed by atoms with van der Waals surface area (Å²) in [5, 5.41) is 2.70. The van der Waals surface area contributed by atoms with Crippen LogP contribution in [0.3, 0.4) is 0 Å². The lowest BCUT2D eigenvalue weighted by Crippen LogP contribution is -2.25. The van der Waals surface area contributed by atoms with Gasteiger partial charge in [-0.25, -0.2) is 4.79 Å². The molecule has 0 bridgehead atoms. The first-order chi connectivity index (χ1) is 9.24. The summed E-state index contributed by atoms with van der Waals surface area (Å²) in [6.45, 7) is 7.73. The van der Waals surface area contributed by atoms with E-state index < -0.39 is 0 Å². The Balaban J connectivity index is 3.35. The normalized spacial score (nSPS) is 12.2. The molecule has 5 heteroatoms. The van der Waals surface area contributed by atoms with Crippen LogP contribution in [0.25, 0.3) is 0 Å². The van der Waals surface area contributed by atoms with Crippen molar-refractivity contribution in [2.45, 2.75) is 52.9 Å². The smallest absolute Gasteiger partial charge is 0.407 e. The number of nitrogens with one attached hydrogen (secondary N) is 1. The zero-order valence-corrected chi connectivity index (χ0v) is 14.2. The number of hydrogen-bond donors (Lipinski definition) is 1. The zero-order chi connectivity index (χ0) is 14.3. The molecular formula is C14H29NO2S2. The molecule has 0 radical (unpaired) electrons. The summed E-state index contributed by atoms with van der Waals surface area (Å²) < 4.78 is 5.06. The number of carbonyl (C=O) groups excluding carboxylic acids is 1. The minimum absolute atomic E-state index is 0.290. The number of unbranched alkanes of at least 4 members (excludes halogenated alkanes) is 1. The monoisotopic (exact) mass is 307 g/mol. The quantitative estimate of drug-likeness (QED) is 0.418. The summed E-state index contributed by atoms with van der Waals surface area (Å²) in [4.78, 5) is 11.2. The van der Waals surface area contributed by atoms with Crippen LogP contribution in [0.2, 0.25) is 0 Å². The summed E-state index contributed by atoms with van der Waals surface area (Å²) in [7, 11) is 3.72. The van der Waals surface area contributed by atoms with Crippen LogP contribution < -0.4 is 5.32 Å². The summed E-state index contributed by atoms with van der Waals surface area (Å²) in [5.41, 5.74) is 0. The van der Waals surface area contributed by atoms with Crippen molar-refractivity contribution in [3.63, 3.8) is 0 Å². The molecule has 0 saturated heterocycles. The number of carbonyl (C=O) groups is 1. The highest BCUT2D eigenvalue weighted by molar-refractivity contribution is 8.76. The molecule has 3 nitrogen and oxygen atoms in total. The Kier molecular flexibility index (Phi) is 14.4. The van der Waals surface area contributed by atoms with E-state index in [9.17, 15) is 4.79 Å². The molecular weight excluding hydrogens is 278 g/mol. The van der Waals surface area contributed by atoms with Gasteiger partial charge in [-0.1, -0.05) is 61.6 Å². The van der Waals surface area contributed by atoms with E-state index in [1.54, 1.807) is 0 Å². The van der Waals surface area contributed by atoms with Crippen molar-refractivity contribution in [1.82, 2.24) is 5.32 Å². The molecule has 0 heterocycles. The maximum absolute atomic E-state index is 11.2. The average molecular weight is 308 g/mol. The Morgan fingerprint density at radius 2 is 2.00 bits per heavy atom. The van der Waals surface area contributed by atoms with Crippen molar-refractivity contribution in [3.05, 3.63) is 0 Å². The lowest BCUT2D eigenvalue weighted by atomic mass is 10.0. The Labute approximate surface area is 126 Å². The number of ether oxygens (including phenoxy) is 1. The lowest BCUT2D eigenvalue weighted by Gasteiger charge is -2.13. The number of amides is 1. The van der Waals surface area contributed by atoms with Crippen LogP contribution in [0.5, 0.6) is 0 Å². The standard InChI is InChI=1S/C14H29NO2S2/c1-4-7-8-13(6-3)12-19-18-11-10-17-14(16)15-9-5-2/h13H,4-12H2,1-3H3,(H,15,16). The number of hydrogen-bond acceptors (Lipinski definition) is 4. The molecule has 1 N–H and O–H groups in total. The number of alkyl carbamates (subject to hydrolysis) is 1. The molecule has 1 atom stereocenters. The van der Waals surface area contributed by atoms with E-state index >= 15 is 0 Å². The molecule has 0 saturated carbocycles. The minimum Gasteiger partial charge on any atom is -0.449 e. The van der Waals surface area contributed by atoms with Crippen molar-refractivity contribution in [1.29, 1.82) is 0 Å². The Morgan fingerprint density at radius 3 is 2.63 bits per heavy atom. The first kappa shape index (κ1) is 19.0. The fourth-order valence-electron chi connectivity index (χ4n) is 1.55. The van der Waals surface area contributed by atoms with Crippen LogP contribution >= 0.6 is 21.6 Å². The summed E-state index contributed by atoms with van der Waals surface area (Å²) in [5.74, 6) is 2.92. The molecule has 0 aliphatic rings. The zero-order valence-electron chi connectivity index (χ0n) is 12.6. The fraction of sp³-hybridized carbons (Fsp3) is 0.929. The Hall–Kier alpha value is -0.0300. The molecule has 0 aliphatic heterocycles. The maximum Gasteiger partial charge on any atom is 0.407 e. The summed E-state index contributed by atoms with van der Waals surface area (Å²) in [6, 6.07) is 0. The van der Waals surface area contributed by atoms with E-state index in [1.165, 1.54) is 31.4 Å². The Bertz CT molecular complexity index is 216. The SMILES string of the molecule is CCCCC(CC)CSSCCOC(=O)NCCC. The Morgan fingerprint density at radius 1 is 1.21 bits per heavy atom. The highest BCUT2D eigenvalue weighted by atomic mass is 33.1. The second-order valence-electron chi connectivity index (χ2n) is 4.59. The van der Waals surface area contributed by atoms with Gasteiger partial charge in [0, 0.05) is 18.1 Å². The van der Waals surface area contributed by atoms with E-state index in [0.29, 0.717) is 13.2 Å². The molecule has 1 unspecified atom stereocenters. The first-order valence-corrected chi connectivity index (χ1v) is 9.88. The van der Waals surface area contributed by atoms with Crippen molar-refractivity contribution in [2.75, 3.05) is 24.7 Å². The van der Waals surface area contributed by atoms with Crippen LogP contribution in [0.1, 0.15) is 52.9 Å². The molecule has 114 valence electrons. The van der Waals surface area contributed by atoms with Crippen molar-refractivity contribution >= 4 is 27.7 Å². The van der Waals surface area contributed by atoms with Crippen LogP contribution in [-0.2, 0) is 4.74 Å². The lowest BCUT2D eigenvalue weighted by molar-refractivity contribution is 0.153. The van der Waals surface area contributed by atoms with Crippen molar-refractivity contribution < 1.29 is 9.53 Å². The predicted molar refractivity (Wildman–Crippen MR) is 87.9 cm³/mol. The second-order valence-corrected chi connectivity index (χ2v) is 7.21. The van der Waals surface area contributed by atoms with E-state index in [0.717, 1.165) is 18.1 Å². The molecule has 0 aliphatic carbocycles. The highest BCUT2D eigenvalue weighted by Gasteiger charge is 2.06. The number of rotatable bonds is 12. The largest absolute Gasteiger partial charge is 0.449 e. The van der Waals surface area contributed by atoms with Gasteiger partial charge in [0.1, 0.15) is 6.61 Å². The molecule has 0 aromatic carbocycles. The maximum atomic E-state index is 11.2. The molecule has 0 rings (SSSR count). The molecule has 0 aromatic rings. The van der Waals surface area contributed by atoms with E-state index in [4.69, 9.17) is 4.74 Å². The topological polar surface area (TPSA) is 38.3 Å². The van der Waals surface area contributed by atoms with Crippen LogP contribution in [0.4, 0.5) is 4.79 Å². The van der Waals surface area contributed by atoms with Gasteiger partial charge < -0.3 is 10.1 Å². The van der Waals surface area contributed by atoms with Gasteiger partial charge in [-0.2, -0.15) is 0 Å². The van der Waals surface area contributed by atoms with Crippen LogP contribution in [0, 0.1) is 5.92 Å². The molecule has 19 heavy (non-hydrogen) atoms. The third-order valence-corrected chi connectivity index (χ3v) is 5.37. The fourth-order valence-corrected chi connectivity index (χ4v) is 3.93. The third kappa shape index (κ3) is 12.7. The predicted octanol–water partition coefficient (Wildman–Crippen LogP) is 4.72. The van der Waals surface area contributed by atoms with Gasteiger partial charge in [-0.15, -0.1) is 0 Å². The van der Waals surface area contributed by atoms with Gasteiger partial charge in [-0.05, 0) is 18.8 Å². The summed E-state index contributed by atoms with van der Waals surface area (Å²) in [6.07, 6.45) is 5.89. The molecule has 1 amide bonds. The van der Waals surface area contributed by atoms with Gasteiger partial charge >= 0.3 is 6.09 Å². The minimum atomic E-state index is -0.290. The highest BCUT2D eigenvalue weighted by Crippen LogP contribution is 2.27. The van der Waals surface area contributed by atoms with Crippen LogP contribution in [0.15, 0.2) is 0 Å². The summed E-state index contributed by atoms with van der Waals surface area (Å²) >= 11 is 0. The van der Waals surface area contributed by atoms with E-state index in [2.05, 4.69) is 19.2 Å². The molecule has 0 fully saturated rings. The van der Waals surface area contributed by atoms with Gasteiger partial charge in [0.25, 0.3) is 0 Å². The molecule has 0 aromatic heterocycles. The van der Waals surface area contributed by atoms with Gasteiger partial charge in [-0.3, -0.25) is 0 Å². The van der Waals surface area contributed by atoms with Gasteiger partial charge in [0.05, 0.1) is 0 Å². The molecule has 0 spiro atoms. The van der Waals surface area contributed by atoms with E-state index in [-0.39, 0.29) is 6.09 Å². The van der Waals surface area contributed by atoms with Gasteiger partial charge in [0.2, 0.25) is 0 Å². The van der Waals surface area contributed by atoms with Crippen LogP contribution in [-0.4, -0.2) is 30.8 Å². The van der Waals surface area contributed by atoms with Crippen molar-refractivity contribution in [2.24, 2.45) is 5.92 Å². The second kappa shape index (κ2) is 14.4. The van der Waals surface area contributed by atoms with Crippen molar-refractivity contribution in [3.8, 4) is 0 Å². The van der Waals surface area contributed by atoms with E-state index in [1.807, 2.05) is 28.5 Å². The first-order valence-electron chi connectivity index (χ1n) is 7.39. The average Bonchev–Trinajstić information content (AvgIpc) is 2.43. The van der Waals surface area contributed by atoms with Gasteiger partial charge in [0.15, 0.2) is 0 Å². The third-order valence-electron chi connectivity index (χ3n) is 2.85.